The molecule has 0 unspecified atom stereocenters. The number of halogens is 1. The topological polar surface area (TPSA) is 92.8 Å². The van der Waals surface area contributed by atoms with Gasteiger partial charge < -0.3 is 10.1 Å². The van der Waals surface area contributed by atoms with E-state index >= 15 is 0 Å². The number of rotatable bonds is 10. The van der Waals surface area contributed by atoms with Gasteiger partial charge in [0.2, 0.25) is 10.0 Å². The quantitative estimate of drug-likeness (QED) is 0.408. The molecule has 0 aliphatic rings. The first kappa shape index (κ1) is 24.8. The third-order valence-electron chi connectivity index (χ3n) is 4.64. The number of amides is 1. The normalized spacial score (nSPS) is 11.4. The highest BCUT2D eigenvalue weighted by molar-refractivity contribution is 7.89. The third kappa shape index (κ3) is 6.29. The molecule has 0 heterocycles. The van der Waals surface area contributed by atoms with Crippen LogP contribution >= 0.6 is 11.6 Å². The summed E-state index contributed by atoms with van der Waals surface area (Å²) in [7, 11) is -3.73. The molecule has 0 fully saturated rings. The fraction of sp³-hybridized carbons (Fsp3) is 0.364. The predicted octanol–water partition coefficient (Wildman–Crippen LogP) is 4.58. The first-order valence-corrected chi connectivity index (χ1v) is 11.9. The van der Waals surface area contributed by atoms with E-state index in [0.29, 0.717) is 30.9 Å². The van der Waals surface area contributed by atoms with Crippen LogP contribution in [0.4, 0.5) is 5.69 Å². The number of benzene rings is 2. The van der Waals surface area contributed by atoms with Gasteiger partial charge in [-0.3, -0.25) is 4.79 Å². The van der Waals surface area contributed by atoms with Crippen molar-refractivity contribution < 1.29 is 22.7 Å². The number of anilines is 1. The van der Waals surface area contributed by atoms with Crippen molar-refractivity contribution in [3.8, 4) is 0 Å². The number of unbranched alkanes of at least 4 members (excludes halogenated alkanes) is 1. The zero-order chi connectivity index (χ0) is 23.0. The van der Waals surface area contributed by atoms with Crippen molar-refractivity contribution in [2.45, 2.75) is 38.5 Å². The molecule has 0 bridgehead atoms. The maximum Gasteiger partial charge on any atom is 0.338 e. The summed E-state index contributed by atoms with van der Waals surface area (Å²) in [6, 6.07) is 10.3. The van der Waals surface area contributed by atoms with Crippen LogP contribution in [0.25, 0.3) is 0 Å². The molecule has 0 radical (unpaired) electrons. The van der Waals surface area contributed by atoms with E-state index in [1.54, 1.807) is 38.1 Å². The van der Waals surface area contributed by atoms with Gasteiger partial charge in [0.1, 0.15) is 0 Å². The summed E-state index contributed by atoms with van der Waals surface area (Å²) >= 11 is 6.15. The second-order valence-electron chi connectivity index (χ2n) is 6.75. The summed E-state index contributed by atoms with van der Waals surface area (Å²) in [4.78, 5) is 24.7. The highest BCUT2D eigenvalue weighted by Crippen LogP contribution is 2.24. The van der Waals surface area contributed by atoms with Crippen molar-refractivity contribution in [3.05, 3.63) is 58.6 Å². The highest BCUT2D eigenvalue weighted by Gasteiger charge is 2.24. The third-order valence-corrected chi connectivity index (χ3v) is 7.01. The fourth-order valence-corrected chi connectivity index (χ4v) is 4.52. The summed E-state index contributed by atoms with van der Waals surface area (Å²) in [6.45, 7) is 6.49. The highest BCUT2D eigenvalue weighted by atomic mass is 35.5. The number of carbonyl (C=O) groups excluding carboxylic acids is 2. The van der Waals surface area contributed by atoms with E-state index in [2.05, 4.69) is 5.32 Å². The summed E-state index contributed by atoms with van der Waals surface area (Å²) in [5, 5.41) is 2.80. The van der Waals surface area contributed by atoms with Crippen LogP contribution in [-0.4, -0.2) is 44.3 Å². The van der Waals surface area contributed by atoms with Gasteiger partial charge in [-0.1, -0.05) is 38.8 Å². The number of nitrogens with zero attached hydrogens (tertiary/aromatic N) is 1. The maximum absolute atomic E-state index is 12.7. The number of nitrogens with one attached hydrogen (secondary N) is 1. The zero-order valence-corrected chi connectivity index (χ0v) is 19.4. The van der Waals surface area contributed by atoms with E-state index in [-0.39, 0.29) is 15.5 Å². The maximum atomic E-state index is 12.7. The van der Waals surface area contributed by atoms with Crippen LogP contribution in [0.1, 0.15) is 54.3 Å². The number of esters is 1. The molecule has 9 heteroatoms. The second-order valence-corrected chi connectivity index (χ2v) is 9.10. The minimum Gasteiger partial charge on any atom is -0.462 e. The monoisotopic (exact) mass is 466 g/mol. The molecule has 0 atom stereocenters. The van der Waals surface area contributed by atoms with E-state index in [1.165, 1.54) is 22.5 Å². The van der Waals surface area contributed by atoms with E-state index < -0.39 is 21.9 Å². The van der Waals surface area contributed by atoms with Gasteiger partial charge >= 0.3 is 5.97 Å². The first-order chi connectivity index (χ1) is 14.7. The standard InChI is InChI=1S/C22H27ClN2O5S/c1-4-7-14-30-22(27)16-8-10-17(11-9-16)24-21(26)19-15-18(12-13-20(19)23)31(28,29)25(5-2)6-3/h8-13,15H,4-7,14H2,1-3H3,(H,24,26). The Balaban J connectivity index is 2.18. The molecule has 0 aliphatic carbocycles. The molecule has 168 valence electrons. The summed E-state index contributed by atoms with van der Waals surface area (Å²) in [6.07, 6.45) is 1.72. The number of hydrogen-bond donors (Lipinski definition) is 1. The average molecular weight is 467 g/mol. The zero-order valence-electron chi connectivity index (χ0n) is 17.9. The smallest absolute Gasteiger partial charge is 0.338 e. The lowest BCUT2D eigenvalue weighted by Gasteiger charge is -2.19. The fourth-order valence-electron chi connectivity index (χ4n) is 2.83. The van der Waals surface area contributed by atoms with Crippen molar-refractivity contribution in [3.63, 3.8) is 0 Å². The Labute approximate surface area is 188 Å². The molecular formula is C22H27ClN2O5S. The van der Waals surface area contributed by atoms with Gasteiger partial charge in [0.25, 0.3) is 5.91 Å². The Kier molecular flexibility index (Phi) is 9.03. The number of ether oxygens (including phenoxy) is 1. The van der Waals surface area contributed by atoms with Crippen molar-refractivity contribution >= 4 is 39.2 Å². The van der Waals surface area contributed by atoms with Crippen molar-refractivity contribution in [1.29, 1.82) is 0 Å². The van der Waals surface area contributed by atoms with Gasteiger partial charge in [0.15, 0.2) is 0 Å². The van der Waals surface area contributed by atoms with E-state index in [9.17, 15) is 18.0 Å². The van der Waals surface area contributed by atoms with Crippen molar-refractivity contribution in [2.24, 2.45) is 0 Å². The van der Waals surface area contributed by atoms with Gasteiger partial charge in [0.05, 0.1) is 27.7 Å². The lowest BCUT2D eigenvalue weighted by Crippen LogP contribution is -2.30. The molecule has 0 aliphatic heterocycles. The van der Waals surface area contributed by atoms with Crippen LogP contribution in [0.2, 0.25) is 5.02 Å². The van der Waals surface area contributed by atoms with Crippen LogP contribution < -0.4 is 5.32 Å². The first-order valence-electron chi connectivity index (χ1n) is 10.1. The van der Waals surface area contributed by atoms with Crippen LogP contribution in [0.15, 0.2) is 47.4 Å². The molecule has 2 aromatic carbocycles. The SMILES string of the molecule is CCCCOC(=O)c1ccc(NC(=O)c2cc(S(=O)(=O)N(CC)CC)ccc2Cl)cc1. The van der Waals surface area contributed by atoms with E-state index in [1.807, 2.05) is 6.92 Å². The lowest BCUT2D eigenvalue weighted by molar-refractivity contribution is 0.0499. The predicted molar refractivity (Wildman–Crippen MR) is 121 cm³/mol. The minimum atomic E-state index is -3.73. The molecule has 1 amide bonds. The molecule has 7 nitrogen and oxygen atoms in total. The molecule has 0 aromatic heterocycles. The summed E-state index contributed by atoms with van der Waals surface area (Å²) in [5.74, 6) is -0.983. The number of carbonyl (C=O) groups is 2. The molecule has 0 saturated carbocycles. The van der Waals surface area contributed by atoms with Crippen LogP contribution in [-0.2, 0) is 14.8 Å². The van der Waals surface area contributed by atoms with Crippen LogP contribution in [0.5, 0.6) is 0 Å². The van der Waals surface area contributed by atoms with E-state index in [0.717, 1.165) is 12.8 Å². The second kappa shape index (κ2) is 11.3. The number of hydrogen-bond acceptors (Lipinski definition) is 5. The Morgan fingerprint density at radius 2 is 1.68 bits per heavy atom. The summed E-state index contributed by atoms with van der Waals surface area (Å²) < 4.78 is 31.9. The van der Waals surface area contributed by atoms with Crippen LogP contribution in [0.3, 0.4) is 0 Å². The van der Waals surface area contributed by atoms with E-state index in [4.69, 9.17) is 16.3 Å². The molecule has 2 aromatic rings. The van der Waals surface area contributed by atoms with Gasteiger partial charge in [-0.2, -0.15) is 4.31 Å². The molecule has 2 rings (SSSR count). The van der Waals surface area contributed by atoms with Gasteiger partial charge in [-0.05, 0) is 48.9 Å². The Bertz CT molecular complexity index is 1020. The minimum absolute atomic E-state index is 0.00378. The Hall–Kier alpha value is -2.42. The average Bonchev–Trinajstić information content (AvgIpc) is 2.75. The van der Waals surface area contributed by atoms with Crippen molar-refractivity contribution in [2.75, 3.05) is 25.0 Å². The molecule has 0 spiro atoms. The van der Waals surface area contributed by atoms with Crippen molar-refractivity contribution in [1.82, 2.24) is 4.31 Å². The number of sulfonamides is 1. The van der Waals surface area contributed by atoms with Gasteiger partial charge in [-0.15, -0.1) is 0 Å². The van der Waals surface area contributed by atoms with Gasteiger partial charge in [0, 0.05) is 18.8 Å². The Morgan fingerprint density at radius 1 is 1.03 bits per heavy atom. The molecular weight excluding hydrogens is 440 g/mol. The lowest BCUT2D eigenvalue weighted by atomic mass is 10.2. The van der Waals surface area contributed by atoms with Crippen LogP contribution in [0, 0.1) is 0 Å². The molecule has 0 saturated heterocycles. The molecule has 31 heavy (non-hydrogen) atoms. The Morgan fingerprint density at radius 3 is 2.26 bits per heavy atom. The largest absolute Gasteiger partial charge is 0.462 e. The van der Waals surface area contributed by atoms with Gasteiger partial charge in [-0.25, -0.2) is 13.2 Å². The molecule has 1 N–H and O–H groups in total. The summed E-state index contributed by atoms with van der Waals surface area (Å²) in [5.41, 5.74) is 0.848.